The Morgan fingerprint density at radius 2 is 1.55 bits per heavy atom. The Bertz CT molecular complexity index is 716. The predicted octanol–water partition coefficient (Wildman–Crippen LogP) is 3.30. The van der Waals surface area contributed by atoms with Crippen LogP contribution in [-0.2, 0) is 26.9 Å². The van der Waals surface area contributed by atoms with E-state index < -0.39 is 10.4 Å². The number of hydrogen-bond acceptors (Lipinski definition) is 5. The highest BCUT2D eigenvalue weighted by atomic mass is 32.3. The molecule has 0 aliphatic heterocycles. The summed E-state index contributed by atoms with van der Waals surface area (Å²) in [5, 5.41) is 4.01. The molecule has 0 bridgehead atoms. The van der Waals surface area contributed by atoms with Crippen LogP contribution in [0, 0.1) is 0 Å². The van der Waals surface area contributed by atoms with Crippen molar-refractivity contribution in [3.05, 3.63) is 71.8 Å². The molecule has 0 radical (unpaired) electrons. The standard InChI is InChI=1S/C15H15NO4S2/c17-22(18,19)20-16-15(11-13-7-3-1-4-8-13)21-12-14-9-5-2-6-10-14/h1-10H,11-12H2,(H,17,18,19)/b16-15+. The molecular weight excluding hydrogens is 322 g/mol. The third-order valence-electron chi connectivity index (χ3n) is 2.68. The maximum Gasteiger partial charge on any atom is 0.466 e. The molecule has 0 atom stereocenters. The average molecular weight is 337 g/mol. The van der Waals surface area contributed by atoms with Gasteiger partial charge >= 0.3 is 10.4 Å². The Hall–Kier alpha value is -1.83. The molecule has 2 aromatic carbocycles. The third-order valence-corrected chi connectivity index (χ3v) is 3.97. The second-order valence-electron chi connectivity index (χ2n) is 4.42. The van der Waals surface area contributed by atoms with E-state index in [2.05, 4.69) is 9.44 Å². The molecule has 0 saturated heterocycles. The Balaban J connectivity index is 2.07. The van der Waals surface area contributed by atoms with Crippen LogP contribution < -0.4 is 0 Å². The number of hydrogen-bond donors (Lipinski definition) is 1. The summed E-state index contributed by atoms with van der Waals surface area (Å²) < 4.78 is 34.2. The SMILES string of the molecule is O=S(=O)(O)O/N=C(\Cc1ccccc1)SCc1ccccc1. The zero-order chi connectivity index (χ0) is 15.8. The minimum atomic E-state index is -4.60. The lowest BCUT2D eigenvalue weighted by Crippen LogP contribution is -2.04. The van der Waals surface area contributed by atoms with Crippen molar-refractivity contribution in [2.75, 3.05) is 0 Å². The number of nitrogens with zero attached hydrogens (tertiary/aromatic N) is 1. The van der Waals surface area contributed by atoms with Crippen LogP contribution in [0.25, 0.3) is 0 Å². The average Bonchev–Trinajstić information content (AvgIpc) is 2.51. The Labute approximate surface area is 134 Å². The van der Waals surface area contributed by atoms with Crippen molar-refractivity contribution in [1.29, 1.82) is 0 Å². The quantitative estimate of drug-likeness (QED) is 0.379. The van der Waals surface area contributed by atoms with Gasteiger partial charge in [0.2, 0.25) is 0 Å². The molecule has 22 heavy (non-hydrogen) atoms. The maximum atomic E-state index is 10.7. The van der Waals surface area contributed by atoms with E-state index in [1.165, 1.54) is 11.8 Å². The van der Waals surface area contributed by atoms with Gasteiger partial charge in [-0.05, 0) is 11.1 Å². The minimum Gasteiger partial charge on any atom is -0.253 e. The van der Waals surface area contributed by atoms with Gasteiger partial charge < -0.3 is 0 Å². The van der Waals surface area contributed by atoms with Gasteiger partial charge in [0.1, 0.15) is 5.04 Å². The van der Waals surface area contributed by atoms with Crippen LogP contribution in [-0.4, -0.2) is 18.0 Å². The molecule has 0 aliphatic carbocycles. The first kappa shape index (κ1) is 16.5. The Morgan fingerprint density at radius 1 is 1.00 bits per heavy atom. The highest BCUT2D eigenvalue weighted by Gasteiger charge is 2.08. The zero-order valence-corrected chi connectivity index (χ0v) is 13.3. The number of benzene rings is 2. The molecule has 1 N–H and O–H groups in total. The minimum absolute atomic E-state index is 0.424. The summed E-state index contributed by atoms with van der Waals surface area (Å²) >= 11 is 1.36. The van der Waals surface area contributed by atoms with Crippen LogP contribution in [0.5, 0.6) is 0 Å². The maximum absolute atomic E-state index is 10.7. The second-order valence-corrected chi connectivity index (χ2v) is 6.48. The summed E-state index contributed by atoms with van der Waals surface area (Å²) in [5.41, 5.74) is 2.06. The first-order chi connectivity index (χ1) is 10.5. The van der Waals surface area contributed by atoms with Gasteiger partial charge in [-0.15, -0.1) is 11.8 Å². The lowest BCUT2D eigenvalue weighted by molar-refractivity contribution is 0.283. The van der Waals surface area contributed by atoms with Crippen molar-refractivity contribution in [3.8, 4) is 0 Å². The van der Waals surface area contributed by atoms with E-state index in [1.54, 1.807) is 0 Å². The van der Waals surface area contributed by atoms with Crippen molar-refractivity contribution < 1.29 is 17.3 Å². The molecule has 7 heteroatoms. The summed E-state index contributed by atoms with van der Waals surface area (Å²) in [7, 11) is -4.60. The van der Waals surface area contributed by atoms with Gasteiger partial charge in [0.15, 0.2) is 0 Å². The fourth-order valence-electron chi connectivity index (χ4n) is 1.71. The molecule has 116 valence electrons. The number of rotatable bonds is 6. The van der Waals surface area contributed by atoms with E-state index >= 15 is 0 Å². The molecule has 0 heterocycles. The molecule has 2 rings (SSSR count). The first-order valence-electron chi connectivity index (χ1n) is 6.46. The highest BCUT2D eigenvalue weighted by Crippen LogP contribution is 2.17. The summed E-state index contributed by atoms with van der Waals surface area (Å²) in [6, 6.07) is 19.2. The molecule has 0 amide bonds. The van der Waals surface area contributed by atoms with Crippen molar-refractivity contribution in [2.24, 2.45) is 5.16 Å². The third kappa shape index (κ3) is 6.30. The molecule has 0 aromatic heterocycles. The van der Waals surface area contributed by atoms with Gasteiger partial charge in [0.25, 0.3) is 0 Å². The Morgan fingerprint density at radius 3 is 2.09 bits per heavy atom. The topological polar surface area (TPSA) is 76.0 Å². The van der Waals surface area contributed by atoms with Crippen molar-refractivity contribution in [1.82, 2.24) is 0 Å². The first-order valence-corrected chi connectivity index (χ1v) is 8.81. The Kier molecular flexibility index (Phi) is 6.00. The molecule has 0 unspecified atom stereocenters. The van der Waals surface area contributed by atoms with Gasteiger partial charge in [0, 0.05) is 12.2 Å². The molecular formula is C15H15NO4S2. The highest BCUT2D eigenvalue weighted by molar-refractivity contribution is 8.13. The summed E-state index contributed by atoms with van der Waals surface area (Å²) in [5.74, 6) is 0.626. The number of thioether (sulfide) groups is 1. The molecule has 5 nitrogen and oxygen atoms in total. The smallest absolute Gasteiger partial charge is 0.253 e. The van der Waals surface area contributed by atoms with Gasteiger partial charge in [0.05, 0.1) is 0 Å². The van der Waals surface area contributed by atoms with Crippen LogP contribution in [0.1, 0.15) is 11.1 Å². The monoisotopic (exact) mass is 337 g/mol. The van der Waals surface area contributed by atoms with Crippen molar-refractivity contribution >= 4 is 27.2 Å². The van der Waals surface area contributed by atoms with Gasteiger partial charge in [-0.1, -0.05) is 65.8 Å². The van der Waals surface area contributed by atoms with Gasteiger partial charge in [-0.3, -0.25) is 4.55 Å². The van der Waals surface area contributed by atoms with E-state index in [9.17, 15) is 8.42 Å². The van der Waals surface area contributed by atoms with E-state index in [0.29, 0.717) is 17.2 Å². The lowest BCUT2D eigenvalue weighted by atomic mass is 10.2. The number of oxime groups is 1. The van der Waals surface area contributed by atoms with Crippen molar-refractivity contribution in [3.63, 3.8) is 0 Å². The van der Waals surface area contributed by atoms with Crippen LogP contribution in [0.3, 0.4) is 0 Å². The normalized spacial score (nSPS) is 12.1. The lowest BCUT2D eigenvalue weighted by Gasteiger charge is -2.06. The van der Waals surface area contributed by atoms with Gasteiger partial charge in [-0.2, -0.15) is 8.42 Å². The summed E-state index contributed by atoms with van der Waals surface area (Å²) in [6.07, 6.45) is 0.424. The fourth-order valence-corrected chi connectivity index (χ4v) is 2.83. The summed E-state index contributed by atoms with van der Waals surface area (Å²) in [6.45, 7) is 0. The molecule has 0 spiro atoms. The van der Waals surface area contributed by atoms with Crippen LogP contribution in [0.15, 0.2) is 65.8 Å². The predicted molar refractivity (Wildman–Crippen MR) is 88.0 cm³/mol. The largest absolute Gasteiger partial charge is 0.466 e. The summed E-state index contributed by atoms with van der Waals surface area (Å²) in [4.78, 5) is 0. The second kappa shape index (κ2) is 7.98. The fraction of sp³-hybridized carbons (Fsp3) is 0.133. The zero-order valence-electron chi connectivity index (χ0n) is 11.6. The van der Waals surface area contributed by atoms with Gasteiger partial charge in [-0.25, -0.2) is 4.28 Å². The molecule has 2 aromatic rings. The van der Waals surface area contributed by atoms with E-state index in [1.807, 2.05) is 60.7 Å². The van der Waals surface area contributed by atoms with Crippen molar-refractivity contribution in [2.45, 2.75) is 12.2 Å². The van der Waals surface area contributed by atoms with Crippen LogP contribution >= 0.6 is 11.8 Å². The van der Waals surface area contributed by atoms with E-state index in [0.717, 1.165) is 11.1 Å². The van der Waals surface area contributed by atoms with Crippen LogP contribution in [0.4, 0.5) is 0 Å². The van der Waals surface area contributed by atoms with E-state index in [-0.39, 0.29) is 0 Å². The van der Waals surface area contributed by atoms with Crippen LogP contribution in [0.2, 0.25) is 0 Å². The van der Waals surface area contributed by atoms with E-state index in [4.69, 9.17) is 4.55 Å². The molecule has 0 aliphatic rings. The molecule has 0 fully saturated rings. The molecule has 0 saturated carbocycles.